The van der Waals surface area contributed by atoms with E-state index in [1.54, 1.807) is 12.1 Å². The van der Waals surface area contributed by atoms with Crippen LogP contribution in [0.2, 0.25) is 0 Å². The van der Waals surface area contributed by atoms with Crippen LogP contribution in [0.4, 0.5) is 19.3 Å². The van der Waals surface area contributed by atoms with Crippen LogP contribution in [0.25, 0.3) is 0 Å². The van der Waals surface area contributed by atoms with Gasteiger partial charge in [-0.05, 0) is 31.2 Å². The average molecular weight is 296 g/mol. The molecule has 3 N–H and O–H groups in total. The smallest absolute Gasteiger partial charge is 0.319 e. The fourth-order valence-corrected chi connectivity index (χ4v) is 1.69. The van der Waals surface area contributed by atoms with E-state index in [9.17, 15) is 18.7 Å². The van der Waals surface area contributed by atoms with Crippen molar-refractivity contribution in [3.63, 3.8) is 0 Å². The van der Waals surface area contributed by atoms with Crippen LogP contribution in [0.3, 0.4) is 0 Å². The molecule has 0 fully saturated rings. The summed E-state index contributed by atoms with van der Waals surface area (Å²) >= 11 is 0. The Hall–Kier alpha value is -2.41. The van der Waals surface area contributed by atoms with E-state index in [1.165, 1.54) is 25.3 Å². The fourth-order valence-electron chi connectivity index (χ4n) is 1.69. The maximum Gasteiger partial charge on any atom is 0.319 e. The zero-order valence-electron chi connectivity index (χ0n) is 11.2. The molecule has 0 aliphatic heterocycles. The fraction of sp³-hybridized carbons (Fsp3) is 0.214. The number of hydrogen-bond donors (Lipinski definition) is 3. The van der Waals surface area contributed by atoms with Crippen molar-refractivity contribution in [2.75, 3.05) is 11.9 Å². The Balaban J connectivity index is 1.95. The van der Waals surface area contributed by atoms with E-state index in [0.29, 0.717) is 0 Å². The van der Waals surface area contributed by atoms with E-state index in [0.717, 1.165) is 6.07 Å². The Morgan fingerprint density at radius 1 is 1.33 bits per heavy atom. The van der Waals surface area contributed by atoms with Crippen molar-refractivity contribution in [3.05, 3.63) is 54.0 Å². The molecule has 1 heterocycles. The molecular weight excluding hydrogens is 282 g/mol. The lowest BCUT2D eigenvalue weighted by Crippen LogP contribution is -2.40. The first-order valence-corrected chi connectivity index (χ1v) is 6.15. The molecule has 7 heteroatoms. The van der Waals surface area contributed by atoms with Gasteiger partial charge in [0.15, 0.2) is 11.6 Å². The van der Waals surface area contributed by atoms with Crippen molar-refractivity contribution >= 4 is 11.7 Å². The SMILES string of the molecule is CC(O)(CNC(=O)Nc1cccc(F)c1F)c1ccco1. The lowest BCUT2D eigenvalue weighted by atomic mass is 10.0. The number of furan rings is 1. The van der Waals surface area contributed by atoms with Gasteiger partial charge in [0.05, 0.1) is 18.5 Å². The quantitative estimate of drug-likeness (QED) is 0.812. The summed E-state index contributed by atoms with van der Waals surface area (Å²) in [6.45, 7) is 1.29. The van der Waals surface area contributed by atoms with Crippen LogP contribution < -0.4 is 10.6 Å². The predicted octanol–water partition coefficient (Wildman–Crippen LogP) is 2.59. The third-order valence-electron chi connectivity index (χ3n) is 2.84. The largest absolute Gasteiger partial charge is 0.466 e. The van der Waals surface area contributed by atoms with Gasteiger partial charge < -0.3 is 20.2 Å². The summed E-state index contributed by atoms with van der Waals surface area (Å²) in [6, 6.07) is 5.83. The summed E-state index contributed by atoms with van der Waals surface area (Å²) in [5.74, 6) is -1.93. The summed E-state index contributed by atoms with van der Waals surface area (Å²) in [5, 5.41) is 14.6. The molecule has 5 nitrogen and oxygen atoms in total. The van der Waals surface area contributed by atoms with Gasteiger partial charge in [-0.3, -0.25) is 0 Å². The molecule has 0 saturated heterocycles. The second-order valence-electron chi connectivity index (χ2n) is 4.66. The van der Waals surface area contributed by atoms with Crippen LogP contribution in [0.1, 0.15) is 12.7 Å². The number of hydrogen-bond acceptors (Lipinski definition) is 3. The summed E-state index contributed by atoms with van der Waals surface area (Å²) in [7, 11) is 0. The Bertz CT molecular complexity index is 627. The highest BCUT2D eigenvalue weighted by Gasteiger charge is 2.26. The van der Waals surface area contributed by atoms with Gasteiger partial charge in [0.2, 0.25) is 0 Å². The van der Waals surface area contributed by atoms with Gasteiger partial charge in [0.1, 0.15) is 11.4 Å². The molecule has 0 aliphatic rings. The van der Waals surface area contributed by atoms with Gasteiger partial charge in [0, 0.05) is 0 Å². The molecule has 1 unspecified atom stereocenters. The van der Waals surface area contributed by atoms with Crippen LogP contribution in [0.5, 0.6) is 0 Å². The number of amides is 2. The zero-order chi connectivity index (χ0) is 15.5. The molecule has 0 aliphatic carbocycles. The van der Waals surface area contributed by atoms with E-state index in [-0.39, 0.29) is 18.0 Å². The number of carbonyl (C=O) groups is 1. The number of urea groups is 1. The first-order chi connectivity index (χ1) is 9.90. The van der Waals surface area contributed by atoms with Crippen molar-refractivity contribution in [1.82, 2.24) is 5.32 Å². The summed E-state index contributed by atoms with van der Waals surface area (Å²) < 4.78 is 31.4. The highest BCUT2D eigenvalue weighted by atomic mass is 19.2. The van der Waals surface area contributed by atoms with Crippen LogP contribution in [0.15, 0.2) is 41.0 Å². The van der Waals surface area contributed by atoms with Gasteiger partial charge in [-0.15, -0.1) is 0 Å². The second-order valence-corrected chi connectivity index (χ2v) is 4.66. The summed E-state index contributed by atoms with van der Waals surface area (Å²) in [5.41, 5.74) is -1.70. The lowest BCUT2D eigenvalue weighted by molar-refractivity contribution is 0.0372. The maximum atomic E-state index is 13.4. The minimum absolute atomic E-state index is 0.163. The minimum Gasteiger partial charge on any atom is -0.466 e. The van der Waals surface area contributed by atoms with E-state index in [4.69, 9.17) is 4.42 Å². The molecule has 21 heavy (non-hydrogen) atoms. The highest BCUT2D eigenvalue weighted by molar-refractivity contribution is 5.89. The standard InChI is InChI=1S/C14H14F2N2O3/c1-14(20,11-6-3-7-21-11)8-17-13(19)18-10-5-2-4-9(15)12(10)16/h2-7,20H,8H2,1H3,(H2,17,18,19). The molecule has 112 valence electrons. The summed E-state index contributed by atoms with van der Waals surface area (Å²) in [4.78, 5) is 11.6. The van der Waals surface area contributed by atoms with Crippen LogP contribution in [-0.4, -0.2) is 17.7 Å². The Morgan fingerprint density at radius 2 is 2.10 bits per heavy atom. The molecule has 2 amide bonds. The van der Waals surface area contributed by atoms with E-state index >= 15 is 0 Å². The molecular formula is C14H14F2N2O3. The van der Waals surface area contributed by atoms with E-state index < -0.39 is 23.3 Å². The van der Waals surface area contributed by atoms with Gasteiger partial charge in [-0.25, -0.2) is 13.6 Å². The number of benzene rings is 1. The number of aliphatic hydroxyl groups is 1. The zero-order valence-corrected chi connectivity index (χ0v) is 11.2. The molecule has 2 rings (SSSR count). The van der Waals surface area contributed by atoms with Crippen molar-refractivity contribution in [2.24, 2.45) is 0 Å². The number of carbonyl (C=O) groups excluding carboxylic acids is 1. The molecule has 1 aromatic carbocycles. The van der Waals surface area contributed by atoms with Crippen LogP contribution >= 0.6 is 0 Å². The molecule has 0 bridgehead atoms. The van der Waals surface area contributed by atoms with Gasteiger partial charge >= 0.3 is 6.03 Å². The first kappa shape index (κ1) is 15.0. The van der Waals surface area contributed by atoms with Crippen LogP contribution in [-0.2, 0) is 5.60 Å². The molecule has 0 radical (unpaired) electrons. The monoisotopic (exact) mass is 296 g/mol. The molecule has 0 spiro atoms. The minimum atomic E-state index is -1.42. The summed E-state index contributed by atoms with van der Waals surface area (Å²) in [6.07, 6.45) is 1.39. The average Bonchev–Trinajstić information content (AvgIpc) is 2.97. The number of nitrogens with one attached hydrogen (secondary N) is 2. The van der Waals surface area contributed by atoms with E-state index in [1.807, 2.05) is 0 Å². The Kier molecular flexibility index (Phi) is 4.23. The molecule has 2 aromatic rings. The van der Waals surface area contributed by atoms with Crippen molar-refractivity contribution < 1.29 is 23.1 Å². The van der Waals surface area contributed by atoms with Crippen molar-refractivity contribution in [3.8, 4) is 0 Å². The Labute approximate surface area is 119 Å². The van der Waals surface area contributed by atoms with Gasteiger partial charge in [-0.1, -0.05) is 6.07 Å². The second kappa shape index (κ2) is 5.92. The maximum absolute atomic E-state index is 13.4. The third kappa shape index (κ3) is 3.57. The molecule has 0 saturated carbocycles. The Morgan fingerprint density at radius 3 is 2.76 bits per heavy atom. The highest BCUT2D eigenvalue weighted by Crippen LogP contribution is 2.20. The topological polar surface area (TPSA) is 74.5 Å². The van der Waals surface area contributed by atoms with Crippen molar-refractivity contribution in [1.29, 1.82) is 0 Å². The number of halogens is 2. The number of anilines is 1. The van der Waals surface area contributed by atoms with Gasteiger partial charge in [0.25, 0.3) is 0 Å². The van der Waals surface area contributed by atoms with Gasteiger partial charge in [-0.2, -0.15) is 0 Å². The first-order valence-electron chi connectivity index (χ1n) is 6.15. The molecule has 1 aromatic heterocycles. The van der Waals surface area contributed by atoms with Crippen LogP contribution in [0, 0.1) is 11.6 Å². The third-order valence-corrected chi connectivity index (χ3v) is 2.84. The predicted molar refractivity (Wildman–Crippen MR) is 71.7 cm³/mol. The van der Waals surface area contributed by atoms with Crippen molar-refractivity contribution in [2.45, 2.75) is 12.5 Å². The van der Waals surface area contributed by atoms with E-state index in [2.05, 4.69) is 10.6 Å². The molecule has 1 atom stereocenters. The lowest BCUT2D eigenvalue weighted by Gasteiger charge is -2.21. The number of rotatable bonds is 4. The normalized spacial score (nSPS) is 13.5.